The molecular formula is C17H13F3N4O5S. The van der Waals surface area contributed by atoms with Gasteiger partial charge in [-0.2, -0.15) is 0 Å². The molecule has 0 bridgehead atoms. The van der Waals surface area contributed by atoms with E-state index in [0.717, 1.165) is 18.2 Å². The zero-order valence-electron chi connectivity index (χ0n) is 14.9. The van der Waals surface area contributed by atoms with E-state index in [1.807, 2.05) is 0 Å². The van der Waals surface area contributed by atoms with Crippen molar-refractivity contribution in [3.63, 3.8) is 0 Å². The molecule has 9 nitrogen and oxygen atoms in total. The van der Waals surface area contributed by atoms with Crippen LogP contribution in [0, 0.1) is 0 Å². The first-order valence-corrected chi connectivity index (χ1v) is 9.58. The highest BCUT2D eigenvalue weighted by Gasteiger charge is 2.32. The van der Waals surface area contributed by atoms with E-state index in [-0.39, 0.29) is 11.3 Å². The maximum absolute atomic E-state index is 12.6. The Morgan fingerprint density at radius 2 is 2.00 bits per heavy atom. The van der Waals surface area contributed by atoms with Gasteiger partial charge in [-0.05, 0) is 29.8 Å². The van der Waals surface area contributed by atoms with E-state index in [2.05, 4.69) is 14.7 Å². The van der Waals surface area contributed by atoms with Gasteiger partial charge >= 0.3 is 12.5 Å². The number of aromatic nitrogens is 3. The Kier molecular flexibility index (Phi) is 5.64. The van der Waals surface area contributed by atoms with Crippen LogP contribution >= 0.6 is 0 Å². The number of halogens is 3. The number of rotatable bonds is 6. The molecule has 3 aromatic rings. The lowest BCUT2D eigenvalue weighted by Gasteiger charge is -2.14. The Morgan fingerprint density at radius 1 is 1.23 bits per heavy atom. The molecule has 2 aromatic heterocycles. The number of pyridine rings is 1. The van der Waals surface area contributed by atoms with Gasteiger partial charge in [0.2, 0.25) is 0 Å². The molecule has 2 N–H and O–H groups in total. The molecule has 0 aliphatic carbocycles. The van der Waals surface area contributed by atoms with Crippen molar-refractivity contribution in [3.8, 4) is 17.0 Å². The fourth-order valence-electron chi connectivity index (χ4n) is 2.58. The highest BCUT2D eigenvalue weighted by molar-refractivity contribution is 7.90. The molecule has 0 atom stereocenters. The molecular weight excluding hydrogens is 429 g/mol. The molecule has 0 aliphatic heterocycles. The molecule has 0 saturated heterocycles. The summed E-state index contributed by atoms with van der Waals surface area (Å²) in [6, 6.07) is 5.39. The summed E-state index contributed by atoms with van der Waals surface area (Å²) in [5, 5.41) is 8.75. The molecule has 0 unspecified atom stereocenters. The molecule has 0 aliphatic rings. The largest absolute Gasteiger partial charge is 0.573 e. The van der Waals surface area contributed by atoms with Crippen LogP contribution in [0.4, 0.5) is 18.0 Å². The number of sulfonamides is 1. The van der Waals surface area contributed by atoms with E-state index in [4.69, 9.17) is 5.11 Å². The summed E-state index contributed by atoms with van der Waals surface area (Å²) in [5.74, 6) is -0.684. The van der Waals surface area contributed by atoms with Crippen molar-refractivity contribution in [3.05, 3.63) is 60.8 Å². The average Bonchev–Trinajstić information content (AvgIpc) is 3.13. The number of benzene rings is 1. The molecule has 0 saturated carbocycles. The molecule has 1 aromatic carbocycles. The third kappa shape index (κ3) is 5.26. The number of ether oxygens (including phenoxy) is 1. The van der Waals surface area contributed by atoms with Crippen LogP contribution in [0.25, 0.3) is 11.3 Å². The Hall–Kier alpha value is -3.61. The van der Waals surface area contributed by atoms with Crippen LogP contribution < -0.4 is 9.46 Å². The van der Waals surface area contributed by atoms with E-state index >= 15 is 0 Å². The third-order valence-electron chi connectivity index (χ3n) is 3.72. The molecule has 0 fully saturated rings. The number of alkyl halides is 3. The van der Waals surface area contributed by atoms with Crippen LogP contribution in [-0.4, -0.2) is 40.5 Å². The lowest BCUT2D eigenvalue weighted by molar-refractivity contribution is -0.274. The molecule has 0 radical (unpaired) electrons. The highest BCUT2D eigenvalue weighted by atomic mass is 32.2. The van der Waals surface area contributed by atoms with Crippen LogP contribution in [0.2, 0.25) is 0 Å². The molecule has 1 amide bonds. The number of carbonyl (C=O) groups is 1. The Morgan fingerprint density at radius 3 is 2.57 bits per heavy atom. The minimum Gasteiger partial charge on any atom is -0.464 e. The van der Waals surface area contributed by atoms with Crippen LogP contribution in [0.3, 0.4) is 0 Å². The zero-order valence-corrected chi connectivity index (χ0v) is 15.7. The van der Waals surface area contributed by atoms with Crippen molar-refractivity contribution in [1.82, 2.24) is 19.3 Å². The van der Waals surface area contributed by atoms with Crippen molar-refractivity contribution in [2.75, 3.05) is 0 Å². The lowest BCUT2D eigenvalue weighted by atomic mass is 10.1. The number of nitrogens with zero attached hydrogens (tertiary/aromatic N) is 3. The number of nitrogens with one attached hydrogen (secondary N) is 1. The van der Waals surface area contributed by atoms with Crippen LogP contribution in [0.5, 0.6) is 5.75 Å². The fourth-order valence-corrected chi connectivity index (χ4v) is 3.62. The molecule has 0 spiro atoms. The molecule has 13 heteroatoms. The second-order valence-corrected chi connectivity index (χ2v) is 7.55. The molecule has 30 heavy (non-hydrogen) atoms. The van der Waals surface area contributed by atoms with E-state index in [0.29, 0.717) is 12.1 Å². The second kappa shape index (κ2) is 8.02. The first kappa shape index (κ1) is 21.1. The summed E-state index contributed by atoms with van der Waals surface area (Å²) in [6.45, 7) is 0.413. The van der Waals surface area contributed by atoms with E-state index in [1.54, 1.807) is 29.4 Å². The third-order valence-corrected chi connectivity index (χ3v) is 5.10. The van der Waals surface area contributed by atoms with Gasteiger partial charge in [-0.1, -0.05) is 6.07 Å². The number of amides is 1. The van der Waals surface area contributed by atoms with E-state index in [9.17, 15) is 26.4 Å². The fraction of sp³-hybridized carbons (Fsp3) is 0.118. The van der Waals surface area contributed by atoms with Crippen molar-refractivity contribution < 1.29 is 36.2 Å². The van der Waals surface area contributed by atoms with Crippen molar-refractivity contribution in [2.24, 2.45) is 0 Å². The summed E-state index contributed by atoms with van der Waals surface area (Å²) in [6.07, 6.45) is -0.560. The summed E-state index contributed by atoms with van der Waals surface area (Å²) < 4.78 is 69.3. The highest BCUT2D eigenvalue weighted by Crippen LogP contribution is 2.32. The maximum Gasteiger partial charge on any atom is 0.573 e. The van der Waals surface area contributed by atoms with E-state index in [1.165, 1.54) is 17.0 Å². The van der Waals surface area contributed by atoms with Crippen molar-refractivity contribution in [1.29, 1.82) is 0 Å². The van der Waals surface area contributed by atoms with Gasteiger partial charge in [0.15, 0.2) is 0 Å². The van der Waals surface area contributed by atoms with Gasteiger partial charge in [0, 0.05) is 30.7 Å². The first-order chi connectivity index (χ1) is 14.0. The molecule has 3 rings (SSSR count). The monoisotopic (exact) mass is 442 g/mol. The van der Waals surface area contributed by atoms with Gasteiger partial charge in [0.1, 0.15) is 5.75 Å². The van der Waals surface area contributed by atoms with Crippen molar-refractivity contribution in [2.45, 2.75) is 17.8 Å². The summed E-state index contributed by atoms with van der Waals surface area (Å²) >= 11 is 0. The normalized spacial score (nSPS) is 11.8. The topological polar surface area (TPSA) is 123 Å². The Bertz CT molecular complexity index is 1150. The van der Waals surface area contributed by atoms with Gasteiger partial charge in [0.05, 0.1) is 16.9 Å². The predicted molar refractivity (Wildman–Crippen MR) is 96.0 cm³/mol. The summed E-state index contributed by atoms with van der Waals surface area (Å²) in [5.41, 5.74) is 0.454. The van der Waals surface area contributed by atoms with Gasteiger partial charge in [-0.15, -0.1) is 13.2 Å². The van der Waals surface area contributed by atoms with Gasteiger partial charge in [0.25, 0.3) is 10.0 Å². The Labute approximate surface area is 167 Å². The molecule has 158 valence electrons. The number of hydrogen-bond acceptors (Lipinski definition) is 6. The van der Waals surface area contributed by atoms with Crippen LogP contribution in [0.1, 0.15) is 5.56 Å². The number of hydrogen-bond donors (Lipinski definition) is 2. The minimum absolute atomic E-state index is 0.00256. The summed E-state index contributed by atoms with van der Waals surface area (Å²) in [7, 11) is -4.59. The van der Waals surface area contributed by atoms with Crippen LogP contribution in [-0.2, 0) is 16.6 Å². The smallest absolute Gasteiger partial charge is 0.464 e. The lowest BCUT2D eigenvalue weighted by Crippen LogP contribution is -2.29. The Balaban J connectivity index is 2.03. The quantitative estimate of drug-likeness (QED) is 0.602. The van der Waals surface area contributed by atoms with Crippen molar-refractivity contribution >= 4 is 16.1 Å². The first-order valence-electron chi connectivity index (χ1n) is 8.10. The van der Waals surface area contributed by atoms with Crippen LogP contribution in [0.15, 0.2) is 60.1 Å². The standard InChI is InChI=1S/C17H13F3N4O5S/c18-17(19,20)29-12-2-4-15(30(27,28)23-16(25)26)13(7-12)14-3-1-11(8-22-14)9-24-6-5-21-10-24/h1-8,10,23H,9H2,(H,25,26). The summed E-state index contributed by atoms with van der Waals surface area (Å²) in [4.78, 5) is 18.2. The maximum atomic E-state index is 12.6. The van der Waals surface area contributed by atoms with Gasteiger partial charge in [-0.3, -0.25) is 4.98 Å². The minimum atomic E-state index is -5.00. The zero-order chi connectivity index (χ0) is 21.9. The second-order valence-electron chi connectivity index (χ2n) is 5.90. The SMILES string of the molecule is O=C(O)NS(=O)(=O)c1ccc(OC(F)(F)F)cc1-c1ccc(Cn2ccnc2)cn1. The van der Waals surface area contributed by atoms with Gasteiger partial charge < -0.3 is 14.4 Å². The number of imidazole rings is 1. The number of carboxylic acid groups (broad SMARTS) is 1. The van der Waals surface area contributed by atoms with E-state index < -0.39 is 33.1 Å². The predicted octanol–water partition coefficient (Wildman–Crippen LogP) is 2.85. The average molecular weight is 442 g/mol. The van der Waals surface area contributed by atoms with Gasteiger partial charge in [-0.25, -0.2) is 22.9 Å². The molecule has 2 heterocycles.